The first-order chi connectivity index (χ1) is 16.7. The molecule has 0 radical (unpaired) electrons. The predicted molar refractivity (Wildman–Crippen MR) is 146 cm³/mol. The van der Waals surface area contributed by atoms with Crippen molar-refractivity contribution in [2.24, 2.45) is 0 Å². The molecule has 1 aliphatic rings. The van der Waals surface area contributed by atoms with Gasteiger partial charge in [-0.3, -0.25) is 0 Å². The van der Waals surface area contributed by atoms with Gasteiger partial charge in [-0.15, -0.1) is 0 Å². The van der Waals surface area contributed by atoms with Gasteiger partial charge in [0.15, 0.2) is 0 Å². The molecule has 34 heavy (non-hydrogen) atoms. The minimum atomic E-state index is 1.27. The van der Waals surface area contributed by atoms with E-state index in [4.69, 9.17) is 0 Å². The number of hydrogen-bond donors (Lipinski definition) is 0. The molecule has 0 aromatic heterocycles. The molecule has 0 aliphatic heterocycles. The summed E-state index contributed by atoms with van der Waals surface area (Å²) in [4.78, 5) is 0. The van der Waals surface area contributed by atoms with E-state index in [1.165, 1.54) is 77.2 Å². The Hall–Kier alpha value is -4.16. The van der Waals surface area contributed by atoms with Gasteiger partial charge < -0.3 is 0 Å². The number of hydrogen-bond acceptors (Lipinski definition) is 0. The van der Waals surface area contributed by atoms with Crippen LogP contribution in [0.25, 0.3) is 66.1 Å². The molecule has 0 unspecified atom stereocenters. The number of rotatable bonds is 2. The van der Waals surface area contributed by atoms with E-state index in [1.807, 2.05) is 0 Å². The fraction of sp³-hybridized carbons (Fsp3) is 0.0588. The Morgan fingerprint density at radius 2 is 1.03 bits per heavy atom. The van der Waals surface area contributed by atoms with Crippen molar-refractivity contribution < 1.29 is 0 Å². The third kappa shape index (κ3) is 2.60. The minimum absolute atomic E-state index is 1.27. The first kappa shape index (κ1) is 19.3. The van der Waals surface area contributed by atoms with E-state index in [1.54, 1.807) is 0 Å². The number of aryl methyl sites for hydroxylation is 2. The van der Waals surface area contributed by atoms with Crippen LogP contribution in [0.1, 0.15) is 11.1 Å². The van der Waals surface area contributed by atoms with Gasteiger partial charge in [0.1, 0.15) is 0 Å². The molecular weight excluding hydrogens is 408 g/mol. The van der Waals surface area contributed by atoms with E-state index < -0.39 is 0 Å². The summed E-state index contributed by atoms with van der Waals surface area (Å²) in [5.74, 6) is 0. The van der Waals surface area contributed by atoms with Crippen LogP contribution in [0.5, 0.6) is 0 Å². The Bertz CT molecular complexity index is 1740. The lowest BCUT2D eigenvalue weighted by Gasteiger charge is -2.20. The van der Waals surface area contributed by atoms with Crippen molar-refractivity contribution in [3.05, 3.63) is 120 Å². The molecule has 0 bridgehead atoms. The average Bonchev–Trinajstić information content (AvgIpc) is 3.20. The molecule has 0 N–H and O–H groups in total. The lowest BCUT2D eigenvalue weighted by Crippen LogP contribution is -1.94. The second kappa shape index (κ2) is 7.17. The van der Waals surface area contributed by atoms with Gasteiger partial charge in [-0.25, -0.2) is 0 Å². The molecule has 1 aliphatic carbocycles. The second-order valence-corrected chi connectivity index (χ2v) is 9.44. The minimum Gasteiger partial charge on any atom is -0.0622 e. The summed E-state index contributed by atoms with van der Waals surface area (Å²) in [6, 6.07) is 40.2. The van der Waals surface area contributed by atoms with Crippen LogP contribution in [0.3, 0.4) is 0 Å². The Balaban J connectivity index is 1.78. The standard InChI is InChI=1S/C34H24/c1-21-16-18-26-29(20-21)31(24-12-7-4-8-13-24)34-28-19-17-22(2)25-14-9-15-27(32(25)28)33(34)30(26)23-10-5-3-6-11-23/h3-20H,1-2H3. The van der Waals surface area contributed by atoms with Crippen molar-refractivity contribution in [3.8, 4) is 44.5 Å². The summed E-state index contributed by atoms with van der Waals surface area (Å²) in [7, 11) is 0. The molecule has 6 aromatic rings. The maximum Gasteiger partial charge on any atom is -0.000741 e. The van der Waals surface area contributed by atoms with Crippen LogP contribution in [0.2, 0.25) is 0 Å². The molecule has 0 spiro atoms. The van der Waals surface area contributed by atoms with Crippen molar-refractivity contribution in [1.29, 1.82) is 0 Å². The summed E-state index contributed by atoms with van der Waals surface area (Å²) in [6.45, 7) is 4.42. The maximum atomic E-state index is 2.37. The predicted octanol–water partition coefficient (Wildman–Crippen LogP) is 9.59. The van der Waals surface area contributed by atoms with Gasteiger partial charge >= 0.3 is 0 Å². The highest BCUT2D eigenvalue weighted by Crippen LogP contribution is 2.57. The zero-order valence-corrected chi connectivity index (χ0v) is 19.4. The monoisotopic (exact) mass is 432 g/mol. The van der Waals surface area contributed by atoms with E-state index in [0.29, 0.717) is 0 Å². The summed E-state index contributed by atoms with van der Waals surface area (Å²) in [6.07, 6.45) is 0. The van der Waals surface area contributed by atoms with E-state index in [2.05, 4.69) is 123 Å². The van der Waals surface area contributed by atoms with Gasteiger partial charge in [-0.05, 0) is 85.5 Å². The smallest absolute Gasteiger partial charge is 0.000741 e. The third-order valence-corrected chi connectivity index (χ3v) is 7.39. The van der Waals surface area contributed by atoms with Gasteiger partial charge in [0.25, 0.3) is 0 Å². The number of fused-ring (bicyclic) bond motifs is 4. The molecule has 6 aromatic carbocycles. The Kier molecular flexibility index (Phi) is 4.07. The first-order valence-corrected chi connectivity index (χ1v) is 12.0. The Labute approximate surface area is 200 Å². The van der Waals surface area contributed by atoms with Crippen molar-refractivity contribution in [2.75, 3.05) is 0 Å². The molecular formula is C34H24. The molecule has 0 fully saturated rings. The Morgan fingerprint density at radius 1 is 0.412 bits per heavy atom. The van der Waals surface area contributed by atoms with Gasteiger partial charge in [0.2, 0.25) is 0 Å². The zero-order chi connectivity index (χ0) is 22.8. The summed E-state index contributed by atoms with van der Waals surface area (Å²) in [5, 5.41) is 5.38. The van der Waals surface area contributed by atoms with Crippen molar-refractivity contribution in [2.45, 2.75) is 13.8 Å². The fourth-order valence-electron chi connectivity index (χ4n) is 5.92. The molecule has 0 heterocycles. The van der Waals surface area contributed by atoms with Crippen LogP contribution in [0, 0.1) is 13.8 Å². The molecule has 0 amide bonds. The van der Waals surface area contributed by atoms with Gasteiger partial charge in [-0.2, -0.15) is 0 Å². The highest BCUT2D eigenvalue weighted by molar-refractivity contribution is 6.27. The first-order valence-electron chi connectivity index (χ1n) is 12.0. The van der Waals surface area contributed by atoms with E-state index in [0.717, 1.165) is 0 Å². The van der Waals surface area contributed by atoms with E-state index in [9.17, 15) is 0 Å². The van der Waals surface area contributed by atoms with Crippen molar-refractivity contribution >= 4 is 21.5 Å². The molecule has 0 nitrogen and oxygen atoms in total. The molecule has 0 saturated carbocycles. The molecule has 0 heteroatoms. The topological polar surface area (TPSA) is 0 Å². The highest BCUT2D eigenvalue weighted by Gasteiger charge is 2.30. The van der Waals surface area contributed by atoms with Crippen LogP contribution in [-0.4, -0.2) is 0 Å². The highest BCUT2D eigenvalue weighted by atomic mass is 14.3. The van der Waals surface area contributed by atoms with Crippen LogP contribution >= 0.6 is 0 Å². The molecule has 0 saturated heterocycles. The fourth-order valence-corrected chi connectivity index (χ4v) is 5.92. The van der Waals surface area contributed by atoms with Gasteiger partial charge in [0.05, 0.1) is 0 Å². The summed E-state index contributed by atoms with van der Waals surface area (Å²) >= 11 is 0. The second-order valence-electron chi connectivity index (χ2n) is 9.44. The lowest BCUT2D eigenvalue weighted by atomic mass is 9.82. The average molecular weight is 433 g/mol. The van der Waals surface area contributed by atoms with Gasteiger partial charge in [-0.1, -0.05) is 115 Å². The largest absolute Gasteiger partial charge is 0.0622 e. The SMILES string of the molecule is Cc1ccc2c(-c3ccccc3)c3c(c(-c4ccccc4)c2c1)-c1ccc(C)c2cccc-3c12. The van der Waals surface area contributed by atoms with E-state index in [-0.39, 0.29) is 0 Å². The van der Waals surface area contributed by atoms with Crippen LogP contribution in [-0.2, 0) is 0 Å². The normalized spacial score (nSPS) is 11.8. The summed E-state index contributed by atoms with van der Waals surface area (Å²) < 4.78 is 0. The maximum absolute atomic E-state index is 2.37. The van der Waals surface area contributed by atoms with Crippen LogP contribution in [0.15, 0.2) is 109 Å². The number of benzene rings is 6. The van der Waals surface area contributed by atoms with Crippen LogP contribution in [0.4, 0.5) is 0 Å². The lowest BCUT2D eigenvalue weighted by molar-refractivity contribution is 1.50. The van der Waals surface area contributed by atoms with Crippen molar-refractivity contribution in [3.63, 3.8) is 0 Å². The van der Waals surface area contributed by atoms with Crippen LogP contribution < -0.4 is 0 Å². The summed E-state index contributed by atoms with van der Waals surface area (Å²) in [5.41, 5.74) is 13.3. The van der Waals surface area contributed by atoms with Gasteiger partial charge in [0, 0.05) is 0 Å². The molecule has 160 valence electrons. The molecule has 7 rings (SSSR count). The van der Waals surface area contributed by atoms with E-state index >= 15 is 0 Å². The Morgan fingerprint density at radius 3 is 1.71 bits per heavy atom. The third-order valence-electron chi connectivity index (χ3n) is 7.39. The molecule has 0 atom stereocenters. The quantitative estimate of drug-likeness (QED) is 0.255. The van der Waals surface area contributed by atoms with Crippen molar-refractivity contribution in [1.82, 2.24) is 0 Å². The zero-order valence-electron chi connectivity index (χ0n) is 19.4.